The van der Waals surface area contributed by atoms with Gasteiger partial charge < -0.3 is 24.3 Å². The number of nitrogens with two attached hydrogens (primary N) is 1. The van der Waals surface area contributed by atoms with Gasteiger partial charge in [-0.1, -0.05) is 6.92 Å². The van der Waals surface area contributed by atoms with Crippen molar-refractivity contribution < 1.29 is 18.8 Å². The molecule has 1 unspecified atom stereocenters. The van der Waals surface area contributed by atoms with Crippen LogP contribution in [0, 0.1) is 22.7 Å². The van der Waals surface area contributed by atoms with E-state index in [1.165, 1.54) is 26.5 Å². The van der Waals surface area contributed by atoms with E-state index in [9.17, 15) is 19.9 Å². The normalized spacial score (nSPS) is 14.5. The van der Waals surface area contributed by atoms with E-state index in [0.29, 0.717) is 24.1 Å². The summed E-state index contributed by atoms with van der Waals surface area (Å²) in [6, 6.07) is 3.46. The summed E-state index contributed by atoms with van der Waals surface area (Å²) < 4.78 is 26.2. The Morgan fingerprint density at radius 3 is 2.66 bits per heavy atom. The number of imidazole rings is 1. The van der Waals surface area contributed by atoms with Crippen molar-refractivity contribution >= 4 is 30.2 Å². The SMILES string of the molecule is CCCOC(=O)C(C)(C)NP(=O)(CO[C@@H](C)Cn1cnc2c(N)ncnc21)C(C#N)C#N. The largest absolute Gasteiger partial charge is 0.464 e. The minimum Gasteiger partial charge on any atom is -0.464 e. The highest BCUT2D eigenvalue weighted by Crippen LogP contribution is 2.48. The van der Waals surface area contributed by atoms with Crippen molar-refractivity contribution in [3.05, 3.63) is 12.7 Å². The molecular formula is C19H27N8O4P. The van der Waals surface area contributed by atoms with Gasteiger partial charge >= 0.3 is 5.97 Å². The molecule has 12 nitrogen and oxygen atoms in total. The molecule has 0 saturated carbocycles. The van der Waals surface area contributed by atoms with Crippen LogP contribution in [-0.4, -0.2) is 55.7 Å². The number of esters is 1. The molecule has 0 fully saturated rings. The van der Waals surface area contributed by atoms with E-state index in [0.717, 1.165) is 0 Å². The summed E-state index contributed by atoms with van der Waals surface area (Å²) in [5.74, 6) is -0.386. The van der Waals surface area contributed by atoms with Crippen molar-refractivity contribution in [1.82, 2.24) is 24.6 Å². The summed E-state index contributed by atoms with van der Waals surface area (Å²) in [5, 5.41) is 21.4. The number of hydrogen-bond donors (Lipinski definition) is 2. The van der Waals surface area contributed by atoms with Gasteiger partial charge in [-0.15, -0.1) is 0 Å². The molecule has 0 radical (unpaired) electrons. The Hall–Kier alpha value is -3.05. The molecule has 3 N–H and O–H groups in total. The molecule has 0 aliphatic heterocycles. The molecule has 2 aromatic heterocycles. The van der Waals surface area contributed by atoms with Gasteiger partial charge in [0, 0.05) is 0 Å². The molecule has 2 atom stereocenters. The van der Waals surface area contributed by atoms with Crippen molar-refractivity contribution in [1.29, 1.82) is 10.5 Å². The topological polar surface area (TPSA) is 182 Å². The van der Waals surface area contributed by atoms with Crippen LogP contribution in [0.2, 0.25) is 0 Å². The summed E-state index contributed by atoms with van der Waals surface area (Å²) >= 11 is 0. The third-order valence-electron chi connectivity index (χ3n) is 4.51. The maximum absolute atomic E-state index is 13.6. The summed E-state index contributed by atoms with van der Waals surface area (Å²) in [6.07, 6.45) is 2.55. The summed E-state index contributed by atoms with van der Waals surface area (Å²) in [4.78, 5) is 24.6. The third-order valence-corrected chi connectivity index (χ3v) is 7.05. The van der Waals surface area contributed by atoms with Crippen LogP contribution in [0.25, 0.3) is 11.2 Å². The maximum Gasteiger partial charge on any atom is 0.326 e. The van der Waals surface area contributed by atoms with Crippen LogP contribution in [0.4, 0.5) is 5.82 Å². The average molecular weight is 462 g/mol. The molecule has 2 rings (SSSR count). The molecule has 2 heterocycles. The Morgan fingerprint density at radius 2 is 2.03 bits per heavy atom. The first-order valence-corrected chi connectivity index (χ1v) is 11.9. The molecule has 13 heteroatoms. The second-order valence-electron chi connectivity index (χ2n) is 7.76. The lowest BCUT2D eigenvalue weighted by Gasteiger charge is -2.31. The Morgan fingerprint density at radius 1 is 1.34 bits per heavy atom. The van der Waals surface area contributed by atoms with Gasteiger partial charge in [-0.3, -0.25) is 4.79 Å². The number of carbonyl (C=O) groups is 1. The maximum atomic E-state index is 13.6. The Bertz CT molecular complexity index is 1070. The van der Waals surface area contributed by atoms with E-state index in [2.05, 4.69) is 20.0 Å². The first kappa shape index (κ1) is 25.2. The minimum absolute atomic E-state index is 0.203. The van der Waals surface area contributed by atoms with Crippen molar-refractivity contribution in [3.8, 4) is 12.1 Å². The second-order valence-corrected chi connectivity index (χ2v) is 10.4. The molecule has 172 valence electrons. The monoisotopic (exact) mass is 462 g/mol. The zero-order valence-electron chi connectivity index (χ0n) is 18.5. The molecule has 0 saturated heterocycles. The van der Waals surface area contributed by atoms with Gasteiger partial charge in [0.2, 0.25) is 7.29 Å². The standard InChI is InChI=1S/C19H27N8O4P/c1-5-6-30-18(28)19(3,4)26-32(29,14(7-20)8-21)12-31-13(2)9-27-11-25-15-16(22)23-10-24-17(15)27/h10-11,13-14H,5-6,9,12H2,1-4H3,(H,26,29)(H2,22,23,24)/t13-,32?/m0/s1. The smallest absolute Gasteiger partial charge is 0.326 e. The van der Waals surface area contributed by atoms with Gasteiger partial charge in [0.1, 0.15) is 23.7 Å². The van der Waals surface area contributed by atoms with Gasteiger partial charge in [-0.05, 0) is 27.2 Å². The van der Waals surface area contributed by atoms with Crippen LogP contribution in [0.3, 0.4) is 0 Å². The van der Waals surface area contributed by atoms with Gasteiger partial charge in [-0.25, -0.2) is 20.0 Å². The molecule has 0 amide bonds. The van der Waals surface area contributed by atoms with Crippen molar-refractivity contribution in [3.63, 3.8) is 0 Å². The second kappa shape index (κ2) is 10.5. The van der Waals surface area contributed by atoms with Crippen LogP contribution in [0.15, 0.2) is 12.7 Å². The van der Waals surface area contributed by atoms with Crippen molar-refractivity contribution in [2.24, 2.45) is 0 Å². The summed E-state index contributed by atoms with van der Waals surface area (Å²) in [5.41, 5.74) is 3.86. The number of hydrogen-bond acceptors (Lipinski definition) is 10. The van der Waals surface area contributed by atoms with Crippen molar-refractivity contribution in [2.45, 2.75) is 58.0 Å². The predicted octanol–water partition coefficient (Wildman–Crippen LogP) is 1.79. The fraction of sp³-hybridized carbons (Fsp3) is 0.579. The summed E-state index contributed by atoms with van der Waals surface area (Å²) in [7, 11) is -3.80. The van der Waals surface area contributed by atoms with Gasteiger partial charge in [0.15, 0.2) is 17.1 Å². The zero-order chi connectivity index (χ0) is 23.9. The van der Waals surface area contributed by atoms with Crippen molar-refractivity contribution in [2.75, 3.05) is 18.7 Å². The number of fused-ring (bicyclic) bond motifs is 1. The lowest BCUT2D eigenvalue weighted by Crippen LogP contribution is -2.48. The zero-order valence-corrected chi connectivity index (χ0v) is 19.4. The predicted molar refractivity (Wildman–Crippen MR) is 116 cm³/mol. The molecule has 0 spiro atoms. The first-order chi connectivity index (χ1) is 15.1. The fourth-order valence-electron chi connectivity index (χ4n) is 2.88. The van der Waals surface area contributed by atoms with E-state index in [4.69, 9.17) is 15.2 Å². The highest BCUT2D eigenvalue weighted by molar-refractivity contribution is 7.63. The van der Waals surface area contributed by atoms with E-state index in [1.807, 2.05) is 6.92 Å². The minimum atomic E-state index is -3.80. The summed E-state index contributed by atoms with van der Waals surface area (Å²) in [6.45, 7) is 7.03. The van der Waals surface area contributed by atoms with E-state index in [1.54, 1.807) is 23.6 Å². The number of nitriles is 2. The lowest BCUT2D eigenvalue weighted by molar-refractivity contribution is -0.149. The number of nitrogen functional groups attached to an aromatic ring is 1. The molecule has 0 aromatic carbocycles. The molecule has 0 aliphatic rings. The molecule has 0 bridgehead atoms. The van der Waals surface area contributed by atoms with Crippen LogP contribution >= 0.6 is 7.29 Å². The van der Waals surface area contributed by atoms with E-state index in [-0.39, 0.29) is 12.4 Å². The molecule has 0 aliphatic carbocycles. The highest BCUT2D eigenvalue weighted by atomic mass is 31.2. The average Bonchev–Trinajstić information content (AvgIpc) is 3.15. The lowest BCUT2D eigenvalue weighted by atomic mass is 10.1. The number of ether oxygens (including phenoxy) is 2. The van der Waals surface area contributed by atoms with Gasteiger partial charge in [0.05, 0.1) is 37.7 Å². The number of anilines is 1. The first-order valence-electron chi connectivity index (χ1n) is 9.95. The van der Waals surface area contributed by atoms with E-state index < -0.39 is 36.9 Å². The van der Waals surface area contributed by atoms with E-state index >= 15 is 0 Å². The van der Waals surface area contributed by atoms with Gasteiger partial charge in [0.25, 0.3) is 0 Å². The molecular weight excluding hydrogens is 435 g/mol. The van der Waals surface area contributed by atoms with Crippen LogP contribution in [0.5, 0.6) is 0 Å². The fourth-order valence-corrected chi connectivity index (χ4v) is 5.11. The number of nitrogens with zero attached hydrogens (tertiary/aromatic N) is 6. The van der Waals surface area contributed by atoms with Crippen LogP contribution < -0.4 is 10.8 Å². The van der Waals surface area contributed by atoms with Gasteiger partial charge in [-0.2, -0.15) is 10.5 Å². The molecule has 32 heavy (non-hydrogen) atoms. The number of rotatable bonds is 11. The Kier molecular flexibility index (Phi) is 8.28. The van der Waals surface area contributed by atoms with Crippen LogP contribution in [-0.2, 0) is 25.4 Å². The van der Waals surface area contributed by atoms with Crippen LogP contribution in [0.1, 0.15) is 34.1 Å². The Labute approximate surface area is 186 Å². The quantitative estimate of drug-likeness (QED) is 0.367. The Balaban J connectivity index is 2.15. The number of aromatic nitrogens is 4. The number of nitrogens with one attached hydrogen (secondary N) is 1. The third kappa shape index (κ3) is 5.80. The highest BCUT2D eigenvalue weighted by Gasteiger charge is 2.43. The molecule has 2 aromatic rings. The number of carbonyl (C=O) groups excluding carboxylic acids is 1.